The minimum Gasteiger partial charge on any atom is -0.370 e. The molecule has 0 unspecified atom stereocenters. The predicted octanol–water partition coefficient (Wildman–Crippen LogP) is -1.33. The Kier molecular flexibility index (Phi) is 5.64. The van der Waals surface area contributed by atoms with E-state index in [-0.39, 0.29) is 13.2 Å². The third-order valence-corrected chi connectivity index (χ3v) is 1.14. The summed E-state index contributed by atoms with van der Waals surface area (Å²) in [7, 11) is 0. The Labute approximate surface area is 82.9 Å². The Morgan fingerprint density at radius 1 is 1.27 bits per heavy atom. The first-order valence-electron chi connectivity index (χ1n) is 3.80. The fraction of sp³-hybridized carbons (Fsp3) is 0.667. The molecule has 4 N–H and O–H groups in total. The predicted molar refractivity (Wildman–Crippen MR) is 42.2 cm³/mol. The fourth-order valence-corrected chi connectivity index (χ4v) is 0.570. The molecule has 0 saturated heterocycles. The fourth-order valence-electron chi connectivity index (χ4n) is 0.570. The number of halogens is 3. The first-order chi connectivity index (χ1) is 6.87. The van der Waals surface area contributed by atoms with Gasteiger partial charge in [0.1, 0.15) is 6.61 Å². The largest absolute Gasteiger partial charge is 0.411 e. The van der Waals surface area contributed by atoms with Gasteiger partial charge in [0, 0.05) is 6.54 Å². The minimum absolute atomic E-state index is 0.206. The van der Waals surface area contributed by atoms with Crippen molar-refractivity contribution in [1.29, 1.82) is 0 Å². The van der Waals surface area contributed by atoms with Gasteiger partial charge in [-0.25, -0.2) is 5.84 Å². The molecule has 2 amide bonds. The van der Waals surface area contributed by atoms with E-state index in [0.717, 1.165) is 0 Å². The van der Waals surface area contributed by atoms with Crippen LogP contribution in [-0.2, 0) is 14.3 Å². The van der Waals surface area contributed by atoms with Crippen molar-refractivity contribution in [2.24, 2.45) is 5.84 Å². The molecule has 0 saturated carbocycles. The lowest BCUT2D eigenvalue weighted by molar-refractivity contribution is -0.173. The van der Waals surface area contributed by atoms with Crippen LogP contribution in [0.5, 0.6) is 0 Å². The molecule has 0 rings (SSSR count). The number of alkyl halides is 3. The van der Waals surface area contributed by atoms with Crippen molar-refractivity contribution in [2.75, 3.05) is 19.8 Å². The molecule has 0 radical (unpaired) electrons. The molecule has 0 aliphatic carbocycles. The molecule has 15 heavy (non-hydrogen) atoms. The third-order valence-electron chi connectivity index (χ3n) is 1.14. The van der Waals surface area contributed by atoms with Crippen LogP contribution < -0.4 is 16.6 Å². The summed E-state index contributed by atoms with van der Waals surface area (Å²) >= 11 is 0. The summed E-state index contributed by atoms with van der Waals surface area (Å²) in [6.45, 7) is -1.95. The number of nitrogens with two attached hydrogens (primary N) is 1. The maximum Gasteiger partial charge on any atom is 0.411 e. The van der Waals surface area contributed by atoms with Gasteiger partial charge in [-0.15, -0.1) is 0 Å². The highest BCUT2D eigenvalue weighted by molar-refractivity contribution is 6.34. The van der Waals surface area contributed by atoms with Crippen LogP contribution in [0.15, 0.2) is 0 Å². The number of amides is 2. The standard InChI is InChI=1S/C6H10F3N3O3/c7-6(8,9)3-15-2-1-11-4(13)5(14)12-10/h1-3,10H2,(H,11,13)(H,12,14). The lowest BCUT2D eigenvalue weighted by Crippen LogP contribution is -2.44. The summed E-state index contributed by atoms with van der Waals surface area (Å²) in [6.07, 6.45) is -4.40. The monoisotopic (exact) mass is 229 g/mol. The van der Waals surface area contributed by atoms with E-state index < -0.39 is 24.6 Å². The normalized spacial score (nSPS) is 10.9. The van der Waals surface area contributed by atoms with Gasteiger partial charge in [0.15, 0.2) is 0 Å². The quantitative estimate of drug-likeness (QED) is 0.183. The summed E-state index contributed by atoms with van der Waals surface area (Å²) in [5.74, 6) is 2.51. The average Bonchev–Trinajstić information content (AvgIpc) is 2.14. The zero-order valence-electron chi connectivity index (χ0n) is 7.56. The van der Waals surface area contributed by atoms with E-state index in [1.54, 1.807) is 5.43 Å². The molecule has 0 aromatic rings. The highest BCUT2D eigenvalue weighted by Crippen LogP contribution is 2.13. The maximum absolute atomic E-state index is 11.5. The van der Waals surface area contributed by atoms with Crippen LogP contribution in [0.4, 0.5) is 13.2 Å². The number of ether oxygens (including phenoxy) is 1. The van der Waals surface area contributed by atoms with Crippen molar-refractivity contribution >= 4 is 11.8 Å². The highest BCUT2D eigenvalue weighted by atomic mass is 19.4. The van der Waals surface area contributed by atoms with Crippen LogP contribution in [0, 0.1) is 0 Å². The maximum atomic E-state index is 11.5. The van der Waals surface area contributed by atoms with E-state index in [2.05, 4.69) is 10.6 Å². The smallest absolute Gasteiger partial charge is 0.370 e. The van der Waals surface area contributed by atoms with Gasteiger partial charge >= 0.3 is 18.0 Å². The average molecular weight is 229 g/mol. The SMILES string of the molecule is NNC(=O)C(=O)NCCOCC(F)(F)F. The molecule has 0 aliphatic rings. The lowest BCUT2D eigenvalue weighted by Gasteiger charge is -2.07. The van der Waals surface area contributed by atoms with Crippen LogP contribution in [0.1, 0.15) is 0 Å². The summed E-state index contributed by atoms with van der Waals surface area (Å²) in [5, 5.41) is 2.00. The minimum atomic E-state index is -4.40. The third kappa shape index (κ3) is 7.70. The van der Waals surface area contributed by atoms with E-state index in [9.17, 15) is 22.8 Å². The van der Waals surface area contributed by atoms with Crippen LogP contribution in [0.25, 0.3) is 0 Å². The number of nitrogens with one attached hydrogen (secondary N) is 2. The van der Waals surface area contributed by atoms with Gasteiger partial charge in [-0.2, -0.15) is 13.2 Å². The molecule has 0 fully saturated rings. The van der Waals surface area contributed by atoms with Crippen molar-refractivity contribution < 1.29 is 27.5 Å². The zero-order chi connectivity index (χ0) is 11.9. The van der Waals surface area contributed by atoms with E-state index in [0.29, 0.717) is 0 Å². The Morgan fingerprint density at radius 2 is 1.87 bits per heavy atom. The summed E-state index contributed by atoms with van der Waals surface area (Å²) < 4.78 is 38.8. The molecule has 0 aromatic heterocycles. The van der Waals surface area contributed by atoms with Gasteiger partial charge in [-0.1, -0.05) is 0 Å². The number of hydrazine groups is 1. The van der Waals surface area contributed by atoms with Crippen LogP contribution in [-0.4, -0.2) is 37.7 Å². The van der Waals surface area contributed by atoms with E-state index in [1.165, 1.54) is 0 Å². The van der Waals surface area contributed by atoms with E-state index >= 15 is 0 Å². The second-order valence-corrected chi connectivity index (χ2v) is 2.40. The number of hydrogen-bond donors (Lipinski definition) is 3. The first kappa shape index (κ1) is 13.7. The second kappa shape index (κ2) is 6.19. The van der Waals surface area contributed by atoms with Gasteiger partial charge in [-0.05, 0) is 0 Å². The van der Waals surface area contributed by atoms with Gasteiger partial charge < -0.3 is 10.1 Å². The van der Waals surface area contributed by atoms with E-state index in [1.807, 2.05) is 5.32 Å². The first-order valence-corrected chi connectivity index (χ1v) is 3.80. The van der Waals surface area contributed by atoms with Gasteiger partial charge in [0.05, 0.1) is 6.61 Å². The topological polar surface area (TPSA) is 93.5 Å². The second-order valence-electron chi connectivity index (χ2n) is 2.40. The molecule has 0 heterocycles. The molecule has 0 atom stereocenters. The molecule has 9 heteroatoms. The summed E-state index contributed by atoms with van der Waals surface area (Å²) in [6, 6.07) is 0. The van der Waals surface area contributed by atoms with Gasteiger partial charge in [0.25, 0.3) is 0 Å². The van der Waals surface area contributed by atoms with Crippen molar-refractivity contribution in [3.05, 3.63) is 0 Å². The van der Waals surface area contributed by atoms with Crippen LogP contribution in [0.3, 0.4) is 0 Å². The van der Waals surface area contributed by atoms with Crippen molar-refractivity contribution in [1.82, 2.24) is 10.7 Å². The lowest BCUT2D eigenvalue weighted by atomic mass is 10.5. The molecule has 0 aliphatic heterocycles. The molecular weight excluding hydrogens is 219 g/mol. The Hall–Kier alpha value is -1.35. The number of hydrogen-bond acceptors (Lipinski definition) is 4. The summed E-state index contributed by atoms with van der Waals surface area (Å²) in [4.78, 5) is 21.1. The van der Waals surface area contributed by atoms with Crippen LogP contribution >= 0.6 is 0 Å². The molecule has 0 aromatic carbocycles. The Morgan fingerprint density at radius 3 is 2.33 bits per heavy atom. The Bertz CT molecular complexity index is 231. The highest BCUT2D eigenvalue weighted by Gasteiger charge is 2.27. The molecule has 0 spiro atoms. The zero-order valence-corrected chi connectivity index (χ0v) is 7.56. The van der Waals surface area contributed by atoms with Crippen molar-refractivity contribution in [2.45, 2.75) is 6.18 Å². The number of rotatable bonds is 4. The van der Waals surface area contributed by atoms with Crippen LogP contribution in [0.2, 0.25) is 0 Å². The number of carbonyl (C=O) groups excluding carboxylic acids is 2. The van der Waals surface area contributed by atoms with Crippen molar-refractivity contribution in [3.8, 4) is 0 Å². The molecule has 6 nitrogen and oxygen atoms in total. The molecular formula is C6H10F3N3O3. The van der Waals surface area contributed by atoms with Gasteiger partial charge in [-0.3, -0.25) is 15.0 Å². The van der Waals surface area contributed by atoms with Crippen molar-refractivity contribution in [3.63, 3.8) is 0 Å². The van der Waals surface area contributed by atoms with Gasteiger partial charge in [0.2, 0.25) is 0 Å². The summed E-state index contributed by atoms with van der Waals surface area (Å²) in [5.41, 5.74) is 1.56. The van der Waals surface area contributed by atoms with E-state index in [4.69, 9.17) is 0 Å². The molecule has 88 valence electrons. The Balaban J connectivity index is 3.47. The molecule has 0 bridgehead atoms. The number of carbonyl (C=O) groups is 2.